The van der Waals surface area contributed by atoms with Crippen molar-refractivity contribution >= 4 is 15.7 Å². The van der Waals surface area contributed by atoms with Gasteiger partial charge in [0.05, 0.1) is 12.3 Å². The molecule has 2 N–H and O–H groups in total. The molecule has 0 spiro atoms. The Morgan fingerprint density at radius 2 is 2.25 bits per heavy atom. The zero-order chi connectivity index (χ0) is 14.8. The number of nitrogens with zero attached hydrogens (tertiary/aromatic N) is 1. The van der Waals surface area contributed by atoms with Gasteiger partial charge in [0.25, 0.3) is 0 Å². The van der Waals surface area contributed by atoms with Crippen molar-refractivity contribution in [2.24, 2.45) is 5.92 Å². The number of hydrogen-bond acceptors (Lipinski definition) is 4. The van der Waals surface area contributed by atoms with Crippen LogP contribution < -0.4 is 5.73 Å². The molecule has 1 atom stereocenters. The number of rotatable bonds is 5. The number of nitrogen functional groups attached to an aromatic ring is 1. The average Bonchev–Trinajstić information content (AvgIpc) is 2.91. The lowest BCUT2D eigenvalue weighted by Gasteiger charge is -2.23. The Hall–Kier alpha value is -1.18. The van der Waals surface area contributed by atoms with E-state index in [9.17, 15) is 12.8 Å². The van der Waals surface area contributed by atoms with Crippen LogP contribution in [0.1, 0.15) is 13.3 Å². The minimum Gasteiger partial charge on any atom is -0.395 e. The predicted molar refractivity (Wildman–Crippen MR) is 74.2 cm³/mol. The summed E-state index contributed by atoms with van der Waals surface area (Å²) in [6, 6.07) is 3.84. The number of ether oxygens (including phenoxy) is 1. The molecule has 0 amide bonds. The molecule has 7 heteroatoms. The fourth-order valence-electron chi connectivity index (χ4n) is 2.29. The first-order valence-electron chi connectivity index (χ1n) is 6.58. The minimum absolute atomic E-state index is 0.168. The van der Waals surface area contributed by atoms with Gasteiger partial charge in [0.1, 0.15) is 10.7 Å². The number of hydrogen-bond donors (Lipinski definition) is 1. The van der Waals surface area contributed by atoms with Crippen LogP contribution in [0.5, 0.6) is 0 Å². The summed E-state index contributed by atoms with van der Waals surface area (Å²) in [6.07, 6.45) is 0.838. The first kappa shape index (κ1) is 15.2. The van der Waals surface area contributed by atoms with E-state index in [1.54, 1.807) is 6.92 Å². The summed E-state index contributed by atoms with van der Waals surface area (Å²) >= 11 is 0. The highest BCUT2D eigenvalue weighted by Crippen LogP contribution is 2.26. The molecule has 1 aromatic carbocycles. The van der Waals surface area contributed by atoms with E-state index in [-0.39, 0.29) is 16.5 Å². The topological polar surface area (TPSA) is 72.6 Å². The highest BCUT2D eigenvalue weighted by Gasteiger charge is 2.29. The third-order valence-electron chi connectivity index (χ3n) is 3.47. The van der Waals surface area contributed by atoms with Gasteiger partial charge in [0, 0.05) is 19.7 Å². The van der Waals surface area contributed by atoms with E-state index in [1.165, 1.54) is 16.4 Å². The quantitative estimate of drug-likeness (QED) is 0.836. The van der Waals surface area contributed by atoms with Crippen LogP contribution in [-0.4, -0.2) is 39.0 Å². The monoisotopic (exact) mass is 302 g/mol. The van der Waals surface area contributed by atoms with Crippen molar-refractivity contribution in [2.45, 2.75) is 18.2 Å². The Bertz CT molecular complexity index is 571. The first-order chi connectivity index (χ1) is 9.46. The number of anilines is 1. The number of benzene rings is 1. The maximum absolute atomic E-state index is 13.5. The maximum Gasteiger partial charge on any atom is 0.245 e. The van der Waals surface area contributed by atoms with Gasteiger partial charge in [-0.05, 0) is 24.5 Å². The zero-order valence-electron chi connectivity index (χ0n) is 11.4. The molecule has 5 nitrogen and oxygen atoms in total. The molecule has 0 bridgehead atoms. The summed E-state index contributed by atoms with van der Waals surface area (Å²) in [5, 5.41) is 0. The molecule has 1 aliphatic heterocycles. The summed E-state index contributed by atoms with van der Waals surface area (Å²) in [7, 11) is -3.78. The second-order valence-corrected chi connectivity index (χ2v) is 6.74. The van der Waals surface area contributed by atoms with Gasteiger partial charge in [-0.15, -0.1) is 0 Å². The van der Waals surface area contributed by atoms with Crippen LogP contribution in [0.25, 0.3) is 0 Å². The second kappa shape index (κ2) is 6.07. The van der Waals surface area contributed by atoms with Gasteiger partial charge in [-0.2, -0.15) is 4.31 Å². The van der Waals surface area contributed by atoms with Crippen molar-refractivity contribution < 1.29 is 17.5 Å². The molecule has 1 unspecified atom stereocenters. The fourth-order valence-corrected chi connectivity index (χ4v) is 3.94. The second-order valence-electron chi connectivity index (χ2n) is 4.84. The Morgan fingerprint density at radius 3 is 2.85 bits per heavy atom. The molecule has 1 heterocycles. The van der Waals surface area contributed by atoms with Gasteiger partial charge in [-0.1, -0.05) is 13.0 Å². The average molecular weight is 302 g/mol. The van der Waals surface area contributed by atoms with Crippen LogP contribution in [0, 0.1) is 11.7 Å². The standard InChI is InChI=1S/C13H19FN2O3S/c1-2-16(8-10-6-7-19-9-10)20(17,18)12-5-3-4-11(14)13(12)15/h3-5,10H,2,6-9,15H2,1H3. The van der Waals surface area contributed by atoms with E-state index in [2.05, 4.69) is 0 Å². The van der Waals surface area contributed by atoms with Gasteiger partial charge < -0.3 is 10.5 Å². The molecule has 0 aromatic heterocycles. The van der Waals surface area contributed by atoms with Crippen molar-refractivity contribution in [3.05, 3.63) is 24.0 Å². The number of halogens is 1. The molecular formula is C13H19FN2O3S. The number of para-hydroxylation sites is 1. The van der Waals surface area contributed by atoms with Crippen LogP contribution in [0.4, 0.5) is 10.1 Å². The molecule has 1 aliphatic rings. The first-order valence-corrected chi connectivity index (χ1v) is 8.02. The molecule has 1 saturated heterocycles. The summed E-state index contributed by atoms with van der Waals surface area (Å²) in [5.41, 5.74) is 5.24. The fraction of sp³-hybridized carbons (Fsp3) is 0.538. The molecule has 2 rings (SSSR count). The smallest absolute Gasteiger partial charge is 0.245 e. The molecule has 0 saturated carbocycles. The van der Waals surface area contributed by atoms with Crippen LogP contribution >= 0.6 is 0 Å². The minimum atomic E-state index is -3.78. The molecule has 0 aliphatic carbocycles. The van der Waals surface area contributed by atoms with E-state index in [0.717, 1.165) is 12.5 Å². The van der Waals surface area contributed by atoms with Crippen LogP contribution in [0.2, 0.25) is 0 Å². The van der Waals surface area contributed by atoms with Gasteiger partial charge in [-0.3, -0.25) is 0 Å². The summed E-state index contributed by atoms with van der Waals surface area (Å²) in [5.74, 6) is -0.536. The van der Waals surface area contributed by atoms with E-state index in [1.807, 2.05) is 0 Å². The number of nitrogens with two attached hydrogens (primary N) is 1. The Morgan fingerprint density at radius 1 is 1.50 bits per heavy atom. The SMILES string of the molecule is CCN(CC1CCOC1)S(=O)(=O)c1cccc(F)c1N. The predicted octanol–water partition coefficient (Wildman–Crippen LogP) is 1.45. The molecule has 1 aromatic rings. The largest absolute Gasteiger partial charge is 0.395 e. The normalized spacial score (nSPS) is 19.6. The van der Waals surface area contributed by atoms with Crippen molar-refractivity contribution in [2.75, 3.05) is 32.0 Å². The zero-order valence-corrected chi connectivity index (χ0v) is 12.2. The highest BCUT2D eigenvalue weighted by molar-refractivity contribution is 7.89. The Labute approximate surface area is 118 Å². The highest BCUT2D eigenvalue weighted by atomic mass is 32.2. The van der Waals surface area contributed by atoms with Gasteiger partial charge in [0.15, 0.2) is 0 Å². The summed E-state index contributed by atoms with van der Waals surface area (Å²) < 4.78 is 45.2. The molecular weight excluding hydrogens is 283 g/mol. The molecule has 20 heavy (non-hydrogen) atoms. The van der Waals surface area contributed by atoms with Crippen molar-refractivity contribution in [3.63, 3.8) is 0 Å². The Kier molecular flexibility index (Phi) is 4.62. The van der Waals surface area contributed by atoms with Gasteiger partial charge in [-0.25, -0.2) is 12.8 Å². The van der Waals surface area contributed by atoms with E-state index >= 15 is 0 Å². The lowest BCUT2D eigenvalue weighted by Crippen LogP contribution is -2.36. The lowest BCUT2D eigenvalue weighted by atomic mass is 10.1. The van der Waals surface area contributed by atoms with Crippen molar-refractivity contribution in [3.8, 4) is 0 Å². The van der Waals surface area contributed by atoms with Crippen molar-refractivity contribution in [1.29, 1.82) is 0 Å². The summed E-state index contributed by atoms with van der Waals surface area (Å²) in [6.45, 7) is 3.65. The van der Waals surface area contributed by atoms with E-state index in [0.29, 0.717) is 26.3 Å². The summed E-state index contributed by atoms with van der Waals surface area (Å²) in [4.78, 5) is -0.168. The lowest BCUT2D eigenvalue weighted by molar-refractivity contribution is 0.181. The maximum atomic E-state index is 13.5. The van der Waals surface area contributed by atoms with E-state index < -0.39 is 15.8 Å². The van der Waals surface area contributed by atoms with Gasteiger partial charge >= 0.3 is 0 Å². The molecule has 0 radical (unpaired) electrons. The van der Waals surface area contributed by atoms with Crippen LogP contribution in [0.3, 0.4) is 0 Å². The molecule has 1 fully saturated rings. The van der Waals surface area contributed by atoms with Crippen molar-refractivity contribution in [1.82, 2.24) is 4.31 Å². The third kappa shape index (κ3) is 2.94. The third-order valence-corrected chi connectivity index (χ3v) is 5.47. The van der Waals surface area contributed by atoms with E-state index in [4.69, 9.17) is 10.5 Å². The Balaban J connectivity index is 2.28. The van der Waals surface area contributed by atoms with Gasteiger partial charge in [0.2, 0.25) is 10.0 Å². The number of sulfonamides is 1. The van der Waals surface area contributed by atoms with Crippen LogP contribution in [-0.2, 0) is 14.8 Å². The molecule has 112 valence electrons. The van der Waals surface area contributed by atoms with Crippen LogP contribution in [0.15, 0.2) is 23.1 Å².